The largest absolute Gasteiger partial charge is 0.397 e. The number of aromatic nitrogens is 3. The molecule has 0 aliphatic heterocycles. The minimum Gasteiger partial charge on any atom is -0.397 e. The number of hydrogen-bond donors (Lipinski definition) is 2. The molecule has 0 saturated carbocycles. The molecule has 0 spiro atoms. The summed E-state index contributed by atoms with van der Waals surface area (Å²) in [5.74, 6) is 0.290. The zero-order valence-electron chi connectivity index (χ0n) is 10.6. The molecule has 18 heavy (non-hydrogen) atoms. The molecule has 6 nitrogen and oxygen atoms in total. The van der Waals surface area contributed by atoms with E-state index in [1.165, 1.54) is 12.4 Å². The van der Waals surface area contributed by atoms with E-state index < -0.39 is 0 Å². The van der Waals surface area contributed by atoms with Gasteiger partial charge < -0.3 is 11.1 Å². The molecule has 0 aliphatic carbocycles. The molecule has 0 bridgehead atoms. The van der Waals surface area contributed by atoms with Gasteiger partial charge in [-0.25, -0.2) is 4.98 Å². The van der Waals surface area contributed by atoms with Gasteiger partial charge in [-0.3, -0.25) is 9.48 Å². The van der Waals surface area contributed by atoms with Crippen LogP contribution in [0.2, 0.25) is 0 Å². The fourth-order valence-electron chi connectivity index (χ4n) is 1.62. The summed E-state index contributed by atoms with van der Waals surface area (Å²) in [6.07, 6.45) is 3.05. The van der Waals surface area contributed by atoms with Crippen LogP contribution in [-0.2, 0) is 7.05 Å². The molecule has 0 atom stereocenters. The van der Waals surface area contributed by atoms with Gasteiger partial charge in [0.15, 0.2) is 0 Å². The van der Waals surface area contributed by atoms with E-state index in [9.17, 15) is 4.79 Å². The number of nitrogen functional groups attached to an aromatic ring is 1. The van der Waals surface area contributed by atoms with Crippen molar-refractivity contribution in [3.63, 3.8) is 0 Å². The van der Waals surface area contributed by atoms with Crippen molar-refractivity contribution in [2.24, 2.45) is 7.05 Å². The monoisotopic (exact) mass is 245 g/mol. The van der Waals surface area contributed by atoms with Gasteiger partial charge in [0.1, 0.15) is 5.82 Å². The smallest absolute Gasteiger partial charge is 0.260 e. The topological polar surface area (TPSA) is 85.8 Å². The van der Waals surface area contributed by atoms with Gasteiger partial charge in [-0.15, -0.1) is 0 Å². The van der Waals surface area contributed by atoms with Gasteiger partial charge in [-0.1, -0.05) is 0 Å². The highest BCUT2D eigenvalue weighted by atomic mass is 16.1. The lowest BCUT2D eigenvalue weighted by molar-refractivity contribution is 0.102. The third-order valence-electron chi connectivity index (χ3n) is 2.81. The first kappa shape index (κ1) is 12.1. The molecule has 0 unspecified atom stereocenters. The van der Waals surface area contributed by atoms with E-state index in [4.69, 9.17) is 5.73 Å². The zero-order valence-corrected chi connectivity index (χ0v) is 10.6. The lowest BCUT2D eigenvalue weighted by Crippen LogP contribution is -2.15. The zero-order chi connectivity index (χ0) is 13.3. The number of nitrogens with one attached hydrogen (secondary N) is 1. The van der Waals surface area contributed by atoms with E-state index >= 15 is 0 Å². The third kappa shape index (κ3) is 2.17. The number of rotatable bonds is 2. The number of hydrogen-bond acceptors (Lipinski definition) is 4. The lowest BCUT2D eigenvalue weighted by Gasteiger charge is -2.07. The summed E-state index contributed by atoms with van der Waals surface area (Å²) in [7, 11) is 1.79. The van der Waals surface area contributed by atoms with Crippen molar-refractivity contribution in [3.8, 4) is 0 Å². The van der Waals surface area contributed by atoms with E-state index in [2.05, 4.69) is 15.4 Å². The second-order valence-electron chi connectivity index (χ2n) is 4.16. The highest BCUT2D eigenvalue weighted by Crippen LogP contribution is 2.15. The van der Waals surface area contributed by atoms with Gasteiger partial charge in [-0.2, -0.15) is 5.10 Å². The van der Waals surface area contributed by atoms with Gasteiger partial charge >= 0.3 is 0 Å². The molecular formula is C12H15N5O. The Hall–Kier alpha value is -2.37. The maximum absolute atomic E-state index is 12.0. The fraction of sp³-hybridized carbons (Fsp3) is 0.250. The Labute approximate surface area is 105 Å². The van der Waals surface area contributed by atoms with Crippen LogP contribution in [0.3, 0.4) is 0 Å². The van der Waals surface area contributed by atoms with Crippen molar-refractivity contribution in [2.75, 3.05) is 11.1 Å². The summed E-state index contributed by atoms with van der Waals surface area (Å²) in [4.78, 5) is 16.1. The van der Waals surface area contributed by atoms with Crippen LogP contribution in [0.5, 0.6) is 0 Å². The van der Waals surface area contributed by atoms with Crippen LogP contribution in [0.1, 0.15) is 21.6 Å². The number of amides is 1. The summed E-state index contributed by atoms with van der Waals surface area (Å²) in [6, 6.07) is 1.76. The lowest BCUT2D eigenvalue weighted by atomic mass is 10.2. The molecule has 3 N–H and O–H groups in total. The molecule has 6 heteroatoms. The average Bonchev–Trinajstić information content (AvgIpc) is 2.64. The maximum Gasteiger partial charge on any atom is 0.260 e. The van der Waals surface area contributed by atoms with Gasteiger partial charge in [0.25, 0.3) is 5.91 Å². The van der Waals surface area contributed by atoms with Crippen LogP contribution >= 0.6 is 0 Å². The van der Waals surface area contributed by atoms with Crippen molar-refractivity contribution < 1.29 is 4.79 Å². The summed E-state index contributed by atoms with van der Waals surface area (Å²) < 4.78 is 1.65. The van der Waals surface area contributed by atoms with Crippen molar-refractivity contribution in [1.29, 1.82) is 0 Å². The predicted octanol–water partition coefficient (Wildman–Crippen LogP) is 1.27. The van der Waals surface area contributed by atoms with Crippen molar-refractivity contribution in [3.05, 3.63) is 35.3 Å². The van der Waals surface area contributed by atoms with Crippen LogP contribution in [0, 0.1) is 13.8 Å². The Morgan fingerprint density at radius 3 is 2.67 bits per heavy atom. The number of carbonyl (C=O) groups excluding carboxylic acids is 1. The Morgan fingerprint density at radius 1 is 1.39 bits per heavy atom. The predicted molar refractivity (Wildman–Crippen MR) is 69.3 cm³/mol. The summed E-state index contributed by atoms with van der Waals surface area (Å²) in [5.41, 5.74) is 8.35. The standard InChI is InChI=1S/C12H15N5O/c1-7-4-9(13)5-14-11(7)16-12(18)10-6-15-17(3)8(10)2/h4-6H,13H2,1-3H3,(H,14,16,18). The highest BCUT2D eigenvalue weighted by molar-refractivity contribution is 6.04. The Kier molecular flexibility index (Phi) is 3.01. The molecule has 0 radical (unpaired) electrons. The van der Waals surface area contributed by atoms with E-state index in [0.717, 1.165) is 11.3 Å². The summed E-state index contributed by atoms with van der Waals surface area (Å²) in [5, 5.41) is 6.78. The van der Waals surface area contributed by atoms with Crippen LogP contribution in [0.4, 0.5) is 11.5 Å². The van der Waals surface area contributed by atoms with Gasteiger partial charge in [0.05, 0.1) is 23.6 Å². The first-order valence-electron chi connectivity index (χ1n) is 5.51. The fourth-order valence-corrected chi connectivity index (χ4v) is 1.62. The normalized spacial score (nSPS) is 10.4. The van der Waals surface area contributed by atoms with Crippen LogP contribution in [0.25, 0.3) is 0 Å². The van der Waals surface area contributed by atoms with E-state index in [1.54, 1.807) is 17.8 Å². The first-order chi connectivity index (χ1) is 8.49. The molecule has 2 heterocycles. The molecule has 0 saturated heterocycles. The van der Waals surface area contributed by atoms with Gasteiger partial charge in [0.2, 0.25) is 0 Å². The minimum absolute atomic E-state index is 0.221. The van der Waals surface area contributed by atoms with Gasteiger partial charge in [0, 0.05) is 12.7 Å². The average molecular weight is 245 g/mol. The highest BCUT2D eigenvalue weighted by Gasteiger charge is 2.14. The van der Waals surface area contributed by atoms with Crippen LogP contribution in [0.15, 0.2) is 18.5 Å². The Morgan fingerprint density at radius 2 is 2.11 bits per heavy atom. The van der Waals surface area contributed by atoms with Gasteiger partial charge in [-0.05, 0) is 25.5 Å². The molecule has 2 aromatic heterocycles. The SMILES string of the molecule is Cc1cc(N)cnc1NC(=O)c1cnn(C)c1C. The molecule has 0 fully saturated rings. The summed E-state index contributed by atoms with van der Waals surface area (Å²) >= 11 is 0. The molecule has 2 rings (SSSR count). The molecule has 0 aromatic carbocycles. The molecule has 0 aliphatic rings. The number of nitrogens with two attached hydrogens (primary N) is 1. The number of aryl methyl sites for hydroxylation is 2. The van der Waals surface area contributed by atoms with Crippen LogP contribution in [-0.4, -0.2) is 20.7 Å². The second-order valence-corrected chi connectivity index (χ2v) is 4.16. The summed E-state index contributed by atoms with van der Waals surface area (Å²) in [6.45, 7) is 3.68. The van der Waals surface area contributed by atoms with E-state index in [1.807, 2.05) is 13.8 Å². The minimum atomic E-state index is -0.221. The van der Waals surface area contributed by atoms with Crippen molar-refractivity contribution in [1.82, 2.24) is 14.8 Å². The Bertz CT molecular complexity index is 603. The second kappa shape index (κ2) is 4.48. The first-order valence-corrected chi connectivity index (χ1v) is 5.51. The maximum atomic E-state index is 12.0. The number of pyridine rings is 1. The van der Waals surface area contributed by atoms with E-state index in [-0.39, 0.29) is 5.91 Å². The third-order valence-corrected chi connectivity index (χ3v) is 2.81. The van der Waals surface area contributed by atoms with Crippen molar-refractivity contribution in [2.45, 2.75) is 13.8 Å². The molecule has 1 amide bonds. The molecule has 2 aromatic rings. The number of anilines is 2. The van der Waals surface area contributed by atoms with E-state index in [0.29, 0.717) is 17.1 Å². The number of carbonyl (C=O) groups is 1. The number of nitrogens with zero attached hydrogens (tertiary/aromatic N) is 3. The quantitative estimate of drug-likeness (QED) is 0.834. The molecule has 94 valence electrons. The van der Waals surface area contributed by atoms with Crippen molar-refractivity contribution >= 4 is 17.4 Å². The Balaban J connectivity index is 2.24. The molecular weight excluding hydrogens is 230 g/mol. The van der Waals surface area contributed by atoms with Crippen LogP contribution < -0.4 is 11.1 Å².